The van der Waals surface area contributed by atoms with E-state index in [-0.39, 0.29) is 6.61 Å². The van der Waals surface area contributed by atoms with Crippen LogP contribution in [-0.4, -0.2) is 19.9 Å². The molecule has 3 aromatic rings. The molecule has 20 heavy (non-hydrogen) atoms. The zero-order valence-electron chi connectivity index (χ0n) is 10.6. The van der Waals surface area contributed by atoms with Gasteiger partial charge in [-0.25, -0.2) is 4.68 Å². The van der Waals surface area contributed by atoms with Gasteiger partial charge in [-0.1, -0.05) is 17.7 Å². The summed E-state index contributed by atoms with van der Waals surface area (Å²) in [6.45, 7) is -0.0712. The van der Waals surface area contributed by atoms with Crippen LogP contribution in [0, 0.1) is 0 Å². The van der Waals surface area contributed by atoms with Crippen molar-refractivity contribution in [2.24, 2.45) is 0 Å². The van der Waals surface area contributed by atoms with Crippen molar-refractivity contribution in [2.75, 3.05) is 0 Å². The molecule has 4 nitrogen and oxygen atoms in total. The van der Waals surface area contributed by atoms with Crippen molar-refractivity contribution in [3.8, 4) is 16.9 Å². The maximum Gasteiger partial charge on any atom is 0.0983 e. The fraction of sp³-hybridized carbons (Fsp3) is 0.0667. The van der Waals surface area contributed by atoms with Gasteiger partial charge >= 0.3 is 0 Å². The highest BCUT2D eigenvalue weighted by Crippen LogP contribution is 2.24. The van der Waals surface area contributed by atoms with Gasteiger partial charge < -0.3 is 5.11 Å². The molecule has 5 heteroatoms. The minimum Gasteiger partial charge on any atom is -0.392 e. The summed E-state index contributed by atoms with van der Waals surface area (Å²) in [7, 11) is 0. The molecule has 0 aliphatic carbocycles. The topological polar surface area (TPSA) is 50.9 Å². The second-order valence-corrected chi connectivity index (χ2v) is 4.76. The van der Waals surface area contributed by atoms with E-state index in [1.807, 2.05) is 36.4 Å². The summed E-state index contributed by atoms with van der Waals surface area (Å²) in [5.74, 6) is 0. The first-order valence-electron chi connectivity index (χ1n) is 6.13. The maximum atomic E-state index is 9.50. The number of hydrogen-bond donors (Lipinski definition) is 1. The second-order valence-electron chi connectivity index (χ2n) is 4.32. The van der Waals surface area contributed by atoms with Crippen LogP contribution < -0.4 is 0 Å². The van der Waals surface area contributed by atoms with E-state index in [4.69, 9.17) is 11.6 Å². The van der Waals surface area contributed by atoms with E-state index in [0.29, 0.717) is 5.02 Å². The molecule has 100 valence electrons. The predicted molar refractivity (Wildman–Crippen MR) is 77.7 cm³/mol. The van der Waals surface area contributed by atoms with Gasteiger partial charge in [-0.15, -0.1) is 0 Å². The Morgan fingerprint density at radius 1 is 1.15 bits per heavy atom. The van der Waals surface area contributed by atoms with E-state index in [9.17, 15) is 5.11 Å². The Morgan fingerprint density at radius 2 is 1.95 bits per heavy atom. The van der Waals surface area contributed by atoms with Gasteiger partial charge in [-0.3, -0.25) is 4.98 Å². The van der Waals surface area contributed by atoms with Crippen molar-refractivity contribution >= 4 is 11.6 Å². The lowest BCUT2D eigenvalue weighted by Gasteiger charge is -2.01. The Labute approximate surface area is 121 Å². The monoisotopic (exact) mass is 285 g/mol. The molecular formula is C15H12ClN3O. The smallest absolute Gasteiger partial charge is 0.0983 e. The standard InChI is InChI=1S/C15H12ClN3O/c16-13-2-1-3-14(8-13)19-9-12(10-20)15(18-19)11-4-6-17-7-5-11/h1-9,20H,10H2. The first kappa shape index (κ1) is 12.8. The van der Waals surface area contributed by atoms with Gasteiger partial charge in [-0.2, -0.15) is 5.10 Å². The maximum absolute atomic E-state index is 9.50. The highest BCUT2D eigenvalue weighted by atomic mass is 35.5. The van der Waals surface area contributed by atoms with Gasteiger partial charge in [0.15, 0.2) is 0 Å². The zero-order chi connectivity index (χ0) is 13.9. The van der Waals surface area contributed by atoms with E-state index >= 15 is 0 Å². The van der Waals surface area contributed by atoms with Crippen molar-refractivity contribution < 1.29 is 5.11 Å². The summed E-state index contributed by atoms with van der Waals surface area (Å²) in [4.78, 5) is 3.99. The molecule has 0 amide bonds. The Balaban J connectivity index is 2.10. The number of nitrogens with zero attached hydrogens (tertiary/aromatic N) is 3. The van der Waals surface area contributed by atoms with Gasteiger partial charge in [0, 0.05) is 34.7 Å². The van der Waals surface area contributed by atoms with Gasteiger partial charge in [0.05, 0.1) is 18.0 Å². The van der Waals surface area contributed by atoms with E-state index < -0.39 is 0 Å². The molecule has 0 aliphatic rings. The number of aliphatic hydroxyl groups excluding tert-OH is 1. The number of benzene rings is 1. The Bertz CT molecular complexity index is 725. The molecule has 2 aromatic heterocycles. The molecule has 1 aromatic carbocycles. The highest BCUT2D eigenvalue weighted by Gasteiger charge is 2.11. The predicted octanol–water partition coefficient (Wildman–Crippen LogP) is 3.08. The summed E-state index contributed by atoms with van der Waals surface area (Å²) in [6, 6.07) is 11.1. The largest absolute Gasteiger partial charge is 0.392 e. The third kappa shape index (κ3) is 2.43. The number of pyridine rings is 1. The summed E-state index contributed by atoms with van der Waals surface area (Å²) in [6.07, 6.45) is 5.21. The summed E-state index contributed by atoms with van der Waals surface area (Å²) >= 11 is 5.99. The van der Waals surface area contributed by atoms with Crippen molar-refractivity contribution in [3.05, 3.63) is 65.6 Å². The van der Waals surface area contributed by atoms with Gasteiger partial charge in [0.2, 0.25) is 0 Å². The lowest BCUT2D eigenvalue weighted by molar-refractivity contribution is 0.282. The average Bonchev–Trinajstić information content (AvgIpc) is 2.92. The lowest BCUT2D eigenvalue weighted by Crippen LogP contribution is -1.94. The van der Waals surface area contributed by atoms with Crippen molar-refractivity contribution in [1.29, 1.82) is 0 Å². The molecular weight excluding hydrogens is 274 g/mol. The average molecular weight is 286 g/mol. The summed E-state index contributed by atoms with van der Waals surface area (Å²) in [5, 5.41) is 14.7. The van der Waals surface area contributed by atoms with Gasteiger partial charge in [0.1, 0.15) is 0 Å². The first-order valence-corrected chi connectivity index (χ1v) is 6.51. The molecule has 0 saturated heterocycles. The fourth-order valence-corrected chi connectivity index (χ4v) is 2.21. The third-order valence-electron chi connectivity index (χ3n) is 2.99. The quantitative estimate of drug-likeness (QED) is 0.804. The van der Waals surface area contributed by atoms with Crippen LogP contribution in [0.1, 0.15) is 5.56 Å². The molecule has 0 aliphatic heterocycles. The second kappa shape index (κ2) is 5.45. The zero-order valence-corrected chi connectivity index (χ0v) is 11.3. The molecule has 3 rings (SSSR count). The van der Waals surface area contributed by atoms with Crippen LogP contribution in [0.2, 0.25) is 5.02 Å². The van der Waals surface area contributed by atoms with Crippen LogP contribution in [0.25, 0.3) is 16.9 Å². The number of rotatable bonds is 3. The van der Waals surface area contributed by atoms with Crippen LogP contribution >= 0.6 is 11.6 Å². The van der Waals surface area contributed by atoms with Crippen LogP contribution in [0.3, 0.4) is 0 Å². The van der Waals surface area contributed by atoms with Crippen molar-refractivity contribution in [3.63, 3.8) is 0 Å². The molecule has 1 N–H and O–H groups in total. The number of halogens is 1. The van der Waals surface area contributed by atoms with E-state index in [1.54, 1.807) is 23.3 Å². The molecule has 0 saturated carbocycles. The van der Waals surface area contributed by atoms with Gasteiger partial charge in [-0.05, 0) is 30.3 Å². The number of aromatic nitrogens is 3. The Hall–Kier alpha value is -2.17. The molecule has 0 bridgehead atoms. The molecule has 0 fully saturated rings. The molecule has 0 spiro atoms. The van der Waals surface area contributed by atoms with Crippen LogP contribution in [0.5, 0.6) is 0 Å². The van der Waals surface area contributed by atoms with Crippen molar-refractivity contribution in [2.45, 2.75) is 6.61 Å². The SMILES string of the molecule is OCc1cn(-c2cccc(Cl)c2)nc1-c1ccncc1. The summed E-state index contributed by atoms with van der Waals surface area (Å²) < 4.78 is 1.72. The molecule has 0 radical (unpaired) electrons. The van der Waals surface area contributed by atoms with E-state index in [1.165, 1.54) is 0 Å². The normalized spacial score (nSPS) is 10.7. The molecule has 2 heterocycles. The first-order chi connectivity index (χ1) is 9.78. The van der Waals surface area contributed by atoms with Gasteiger partial charge in [0.25, 0.3) is 0 Å². The van der Waals surface area contributed by atoms with Crippen LogP contribution in [0.4, 0.5) is 0 Å². The summed E-state index contributed by atoms with van der Waals surface area (Å²) in [5.41, 5.74) is 3.28. The van der Waals surface area contributed by atoms with E-state index in [2.05, 4.69) is 10.1 Å². The molecule has 0 atom stereocenters. The number of aliphatic hydroxyl groups is 1. The lowest BCUT2D eigenvalue weighted by atomic mass is 10.1. The van der Waals surface area contributed by atoms with Crippen molar-refractivity contribution in [1.82, 2.24) is 14.8 Å². The Kier molecular flexibility index (Phi) is 3.50. The Morgan fingerprint density at radius 3 is 2.65 bits per heavy atom. The fourth-order valence-electron chi connectivity index (χ4n) is 2.03. The third-order valence-corrected chi connectivity index (χ3v) is 3.22. The minimum atomic E-state index is -0.0712. The van der Waals surface area contributed by atoms with Crippen LogP contribution in [0.15, 0.2) is 55.0 Å². The minimum absolute atomic E-state index is 0.0712. The highest BCUT2D eigenvalue weighted by molar-refractivity contribution is 6.30. The molecule has 0 unspecified atom stereocenters. The van der Waals surface area contributed by atoms with E-state index in [0.717, 1.165) is 22.5 Å². The van der Waals surface area contributed by atoms with Crippen LogP contribution in [-0.2, 0) is 6.61 Å². The number of hydrogen-bond acceptors (Lipinski definition) is 3.